The summed E-state index contributed by atoms with van der Waals surface area (Å²) >= 11 is 12.2. The van der Waals surface area contributed by atoms with Gasteiger partial charge in [0.2, 0.25) is 0 Å². The first-order valence-corrected chi connectivity index (χ1v) is 9.24. The van der Waals surface area contributed by atoms with E-state index in [9.17, 15) is 0 Å². The molecule has 0 spiro atoms. The van der Waals surface area contributed by atoms with Crippen LogP contribution >= 0.6 is 23.2 Å². The average Bonchev–Trinajstić information content (AvgIpc) is 2.67. The molecule has 0 amide bonds. The van der Waals surface area contributed by atoms with Crippen LogP contribution in [0.5, 0.6) is 0 Å². The van der Waals surface area contributed by atoms with Crippen LogP contribution in [0.2, 0.25) is 10.0 Å². The topological polar surface area (TPSA) is 12.9 Å². The number of halogens is 2. The Morgan fingerprint density at radius 1 is 0.731 bits per heavy atom. The third kappa shape index (κ3) is 3.21. The highest BCUT2D eigenvalue weighted by atomic mass is 35.5. The predicted molar refractivity (Wildman–Crippen MR) is 110 cm³/mol. The van der Waals surface area contributed by atoms with Gasteiger partial charge in [0.1, 0.15) is 0 Å². The Bertz CT molecular complexity index is 1010. The van der Waals surface area contributed by atoms with Crippen molar-refractivity contribution in [2.24, 2.45) is 0 Å². The van der Waals surface area contributed by atoms with Crippen molar-refractivity contribution in [2.75, 3.05) is 0 Å². The minimum Gasteiger partial charge on any atom is -0.256 e. The van der Waals surface area contributed by atoms with Gasteiger partial charge in [0.05, 0.1) is 5.52 Å². The monoisotopic (exact) mass is 377 g/mol. The SMILES string of the molecule is Cc1ccc(C(c2ccc(Cl)cc2)c2ccc(Cl)cc2)c2ncccc12. The molecular formula is C23H17Cl2N. The van der Waals surface area contributed by atoms with Gasteiger partial charge in [-0.3, -0.25) is 4.98 Å². The molecule has 0 aliphatic heterocycles. The molecule has 3 aromatic carbocycles. The standard InChI is InChI=1S/C23H17Cl2N/c1-15-4-13-21(23-20(15)3-2-14-26-23)22(16-5-9-18(24)10-6-16)17-7-11-19(25)12-8-17/h2-14,22H,1H3. The number of pyridine rings is 1. The third-order valence-corrected chi connectivity index (χ3v) is 5.24. The molecule has 0 atom stereocenters. The molecule has 4 rings (SSSR count). The Labute approximate surface area is 163 Å². The summed E-state index contributed by atoms with van der Waals surface area (Å²) in [6, 6.07) is 24.5. The summed E-state index contributed by atoms with van der Waals surface area (Å²) in [7, 11) is 0. The molecule has 128 valence electrons. The van der Waals surface area contributed by atoms with E-state index in [4.69, 9.17) is 28.2 Å². The van der Waals surface area contributed by atoms with Crippen molar-refractivity contribution >= 4 is 34.1 Å². The fraction of sp³-hybridized carbons (Fsp3) is 0.0870. The number of hydrogen-bond donors (Lipinski definition) is 0. The molecule has 0 fully saturated rings. The van der Waals surface area contributed by atoms with E-state index in [1.165, 1.54) is 27.6 Å². The van der Waals surface area contributed by atoms with Crippen LogP contribution < -0.4 is 0 Å². The average molecular weight is 378 g/mol. The molecule has 4 aromatic rings. The molecule has 1 aromatic heterocycles. The van der Waals surface area contributed by atoms with Crippen molar-refractivity contribution < 1.29 is 0 Å². The van der Waals surface area contributed by atoms with Gasteiger partial charge in [-0.1, -0.05) is 65.7 Å². The number of aromatic nitrogens is 1. The first kappa shape index (κ1) is 17.1. The van der Waals surface area contributed by atoms with E-state index >= 15 is 0 Å². The van der Waals surface area contributed by atoms with E-state index < -0.39 is 0 Å². The second kappa shape index (κ2) is 7.11. The molecule has 0 saturated carbocycles. The van der Waals surface area contributed by atoms with Crippen LogP contribution in [0.1, 0.15) is 28.2 Å². The van der Waals surface area contributed by atoms with E-state index in [2.05, 4.69) is 49.4 Å². The summed E-state index contributed by atoms with van der Waals surface area (Å²) in [6.07, 6.45) is 1.85. The van der Waals surface area contributed by atoms with Gasteiger partial charge in [0, 0.05) is 27.5 Å². The van der Waals surface area contributed by atoms with Crippen molar-refractivity contribution in [3.63, 3.8) is 0 Å². The maximum atomic E-state index is 6.12. The first-order valence-electron chi connectivity index (χ1n) is 8.48. The van der Waals surface area contributed by atoms with Crippen molar-refractivity contribution in [3.8, 4) is 0 Å². The molecule has 26 heavy (non-hydrogen) atoms. The third-order valence-electron chi connectivity index (χ3n) is 4.74. The molecule has 1 heterocycles. The molecule has 0 bridgehead atoms. The summed E-state index contributed by atoms with van der Waals surface area (Å²) in [6.45, 7) is 2.12. The number of aryl methyl sites for hydroxylation is 1. The van der Waals surface area contributed by atoms with Gasteiger partial charge in [-0.2, -0.15) is 0 Å². The van der Waals surface area contributed by atoms with Crippen LogP contribution in [-0.4, -0.2) is 4.98 Å². The van der Waals surface area contributed by atoms with Crippen LogP contribution in [0.4, 0.5) is 0 Å². The minimum atomic E-state index is 0.0579. The number of nitrogens with zero attached hydrogens (tertiary/aromatic N) is 1. The molecule has 3 heteroatoms. The van der Waals surface area contributed by atoms with Gasteiger partial charge in [0.15, 0.2) is 0 Å². The van der Waals surface area contributed by atoms with Crippen molar-refractivity contribution in [1.82, 2.24) is 4.98 Å². The summed E-state index contributed by atoms with van der Waals surface area (Å²) < 4.78 is 0. The van der Waals surface area contributed by atoms with E-state index in [0.29, 0.717) is 0 Å². The zero-order chi connectivity index (χ0) is 18.1. The molecule has 1 nitrogen and oxygen atoms in total. The van der Waals surface area contributed by atoms with Gasteiger partial charge < -0.3 is 0 Å². The maximum Gasteiger partial charge on any atom is 0.0746 e. The first-order chi connectivity index (χ1) is 12.6. The van der Waals surface area contributed by atoms with Crippen LogP contribution in [0.15, 0.2) is 79.0 Å². The number of fused-ring (bicyclic) bond motifs is 1. The van der Waals surface area contributed by atoms with Crippen molar-refractivity contribution in [1.29, 1.82) is 0 Å². The lowest BCUT2D eigenvalue weighted by Gasteiger charge is -2.21. The smallest absolute Gasteiger partial charge is 0.0746 e. The van der Waals surface area contributed by atoms with Crippen LogP contribution in [-0.2, 0) is 0 Å². The number of benzene rings is 3. The molecule has 0 saturated heterocycles. The maximum absolute atomic E-state index is 6.12. The van der Waals surface area contributed by atoms with Crippen LogP contribution in [0.3, 0.4) is 0 Å². The summed E-state index contributed by atoms with van der Waals surface area (Å²) in [5.74, 6) is 0.0579. The Morgan fingerprint density at radius 3 is 1.88 bits per heavy atom. The quantitative estimate of drug-likeness (QED) is 0.349. The Kier molecular flexibility index (Phi) is 4.67. The normalized spacial score (nSPS) is 11.2. The second-order valence-corrected chi connectivity index (χ2v) is 7.28. The highest BCUT2D eigenvalue weighted by Crippen LogP contribution is 2.37. The summed E-state index contributed by atoms with van der Waals surface area (Å²) in [5, 5.41) is 2.64. The number of rotatable bonds is 3. The Balaban J connectivity index is 1.98. The molecule has 0 unspecified atom stereocenters. The summed E-state index contributed by atoms with van der Waals surface area (Å²) in [4.78, 5) is 4.70. The molecular weight excluding hydrogens is 361 g/mol. The van der Waals surface area contributed by atoms with Crippen molar-refractivity contribution in [2.45, 2.75) is 12.8 Å². The number of hydrogen-bond acceptors (Lipinski definition) is 1. The lowest BCUT2D eigenvalue weighted by molar-refractivity contribution is 0.982. The highest BCUT2D eigenvalue weighted by Gasteiger charge is 2.20. The van der Waals surface area contributed by atoms with E-state index in [-0.39, 0.29) is 5.92 Å². The fourth-order valence-electron chi connectivity index (χ4n) is 3.43. The molecule has 0 aliphatic carbocycles. The van der Waals surface area contributed by atoms with E-state index in [1.807, 2.05) is 36.5 Å². The zero-order valence-corrected chi connectivity index (χ0v) is 15.8. The molecule has 0 N–H and O–H groups in total. The van der Waals surface area contributed by atoms with E-state index in [0.717, 1.165) is 15.6 Å². The van der Waals surface area contributed by atoms with E-state index in [1.54, 1.807) is 0 Å². The van der Waals surface area contributed by atoms with Crippen LogP contribution in [0.25, 0.3) is 10.9 Å². The lowest BCUT2D eigenvalue weighted by atomic mass is 9.83. The Morgan fingerprint density at radius 2 is 1.31 bits per heavy atom. The minimum absolute atomic E-state index is 0.0579. The highest BCUT2D eigenvalue weighted by molar-refractivity contribution is 6.30. The second-order valence-electron chi connectivity index (χ2n) is 6.41. The zero-order valence-electron chi connectivity index (χ0n) is 14.3. The fourth-order valence-corrected chi connectivity index (χ4v) is 3.68. The Hall–Kier alpha value is -2.35. The predicted octanol–water partition coefficient (Wildman–Crippen LogP) is 7.03. The lowest BCUT2D eigenvalue weighted by Crippen LogP contribution is -2.05. The van der Waals surface area contributed by atoms with Gasteiger partial charge >= 0.3 is 0 Å². The van der Waals surface area contributed by atoms with Gasteiger partial charge in [-0.15, -0.1) is 0 Å². The van der Waals surface area contributed by atoms with Gasteiger partial charge in [-0.05, 0) is 59.5 Å². The molecule has 0 aliphatic rings. The summed E-state index contributed by atoms with van der Waals surface area (Å²) in [5.41, 5.74) is 5.78. The largest absolute Gasteiger partial charge is 0.256 e. The molecule has 0 radical (unpaired) electrons. The van der Waals surface area contributed by atoms with Gasteiger partial charge in [0.25, 0.3) is 0 Å². The van der Waals surface area contributed by atoms with Gasteiger partial charge in [-0.25, -0.2) is 0 Å². The van der Waals surface area contributed by atoms with Crippen molar-refractivity contribution in [3.05, 3.63) is 111 Å². The van der Waals surface area contributed by atoms with Crippen LogP contribution in [0, 0.1) is 6.92 Å².